The van der Waals surface area contributed by atoms with Gasteiger partial charge in [0.2, 0.25) is 0 Å². The van der Waals surface area contributed by atoms with E-state index < -0.39 is 0 Å². The molecular weight excluding hydrogens is 393 g/mol. The molecule has 0 bridgehead atoms. The molecule has 0 atom stereocenters. The van der Waals surface area contributed by atoms with E-state index in [1.807, 2.05) is 42.5 Å². The summed E-state index contributed by atoms with van der Waals surface area (Å²) in [6.45, 7) is 3.96. The summed E-state index contributed by atoms with van der Waals surface area (Å²) in [6.07, 6.45) is 0. The smallest absolute Gasteiger partial charge is 0.166 e. The highest BCUT2D eigenvalue weighted by atomic mass is 35.5. The fraction of sp³-hybridized carbons (Fsp3) is 0.217. The third kappa shape index (κ3) is 5.90. The van der Waals surface area contributed by atoms with Crippen LogP contribution in [0.2, 0.25) is 5.02 Å². The quantitative estimate of drug-likeness (QED) is 0.491. The van der Waals surface area contributed by atoms with Gasteiger partial charge in [0.1, 0.15) is 6.61 Å². The van der Waals surface area contributed by atoms with E-state index in [0.29, 0.717) is 18.2 Å². The molecule has 0 amide bonds. The molecular formula is C23H25Cl2NO2. The molecule has 3 aromatic carbocycles. The van der Waals surface area contributed by atoms with Crippen molar-refractivity contribution in [3.05, 3.63) is 94.0 Å². The Labute approximate surface area is 178 Å². The van der Waals surface area contributed by atoms with Gasteiger partial charge in [0, 0.05) is 29.2 Å². The summed E-state index contributed by atoms with van der Waals surface area (Å²) in [4.78, 5) is 0. The van der Waals surface area contributed by atoms with Gasteiger partial charge in [0.15, 0.2) is 11.5 Å². The fourth-order valence-electron chi connectivity index (χ4n) is 2.84. The Bertz CT molecular complexity index is 882. The molecule has 0 saturated heterocycles. The normalized spacial score (nSPS) is 10.2. The van der Waals surface area contributed by atoms with Gasteiger partial charge in [0.05, 0.1) is 7.11 Å². The van der Waals surface area contributed by atoms with Gasteiger partial charge in [-0.2, -0.15) is 0 Å². The summed E-state index contributed by atoms with van der Waals surface area (Å²) in [5.74, 6) is 1.47. The number of methoxy groups -OCH3 is 1. The number of hydrogen-bond donors (Lipinski definition) is 1. The van der Waals surface area contributed by atoms with Crippen LogP contribution in [0.3, 0.4) is 0 Å². The molecule has 1 N–H and O–H groups in total. The van der Waals surface area contributed by atoms with Crippen LogP contribution < -0.4 is 14.8 Å². The molecule has 3 rings (SSSR count). The van der Waals surface area contributed by atoms with Gasteiger partial charge in [-0.05, 0) is 24.6 Å². The van der Waals surface area contributed by atoms with E-state index in [0.717, 1.165) is 29.2 Å². The highest BCUT2D eigenvalue weighted by Gasteiger charge is 2.11. The topological polar surface area (TPSA) is 30.5 Å². The van der Waals surface area contributed by atoms with Crippen molar-refractivity contribution >= 4 is 24.0 Å². The minimum atomic E-state index is 0. The number of hydrogen-bond acceptors (Lipinski definition) is 3. The van der Waals surface area contributed by atoms with Crippen molar-refractivity contribution in [2.75, 3.05) is 7.11 Å². The van der Waals surface area contributed by atoms with Gasteiger partial charge in [-0.1, -0.05) is 71.8 Å². The molecule has 0 spiro atoms. The predicted molar refractivity (Wildman–Crippen MR) is 118 cm³/mol. The molecule has 5 heteroatoms. The zero-order chi connectivity index (χ0) is 19.1. The minimum absolute atomic E-state index is 0. The Balaban J connectivity index is 0.00000280. The Morgan fingerprint density at radius 3 is 2.29 bits per heavy atom. The van der Waals surface area contributed by atoms with Crippen molar-refractivity contribution in [2.24, 2.45) is 0 Å². The monoisotopic (exact) mass is 417 g/mol. The maximum absolute atomic E-state index is 6.24. The molecule has 0 saturated carbocycles. The van der Waals surface area contributed by atoms with Crippen LogP contribution in [0, 0.1) is 6.92 Å². The highest BCUT2D eigenvalue weighted by molar-refractivity contribution is 6.31. The molecule has 0 aliphatic heterocycles. The second-order valence-corrected chi connectivity index (χ2v) is 6.82. The van der Waals surface area contributed by atoms with E-state index >= 15 is 0 Å². The minimum Gasteiger partial charge on any atom is -0.493 e. The first-order chi connectivity index (χ1) is 13.2. The maximum Gasteiger partial charge on any atom is 0.166 e. The van der Waals surface area contributed by atoms with E-state index in [9.17, 15) is 0 Å². The van der Waals surface area contributed by atoms with Crippen molar-refractivity contribution in [3.8, 4) is 11.5 Å². The molecule has 0 unspecified atom stereocenters. The van der Waals surface area contributed by atoms with Gasteiger partial charge in [-0.25, -0.2) is 0 Å². The standard InChI is InChI=1S/C23H24ClNO2.ClH/c1-17-10-12-18(13-11-17)14-25-15-19-7-5-9-22(26-2)23(19)27-16-20-6-3-4-8-21(20)24;/h3-13,25H,14-16H2,1-2H3;1H. The van der Waals surface area contributed by atoms with Crippen LogP contribution in [-0.2, 0) is 19.7 Å². The van der Waals surface area contributed by atoms with Gasteiger partial charge in [-0.3, -0.25) is 0 Å². The summed E-state index contributed by atoms with van der Waals surface area (Å²) >= 11 is 6.24. The van der Waals surface area contributed by atoms with Crippen molar-refractivity contribution < 1.29 is 9.47 Å². The van der Waals surface area contributed by atoms with Crippen LogP contribution in [0.5, 0.6) is 11.5 Å². The van der Waals surface area contributed by atoms with Crippen molar-refractivity contribution in [3.63, 3.8) is 0 Å². The molecule has 3 aromatic rings. The molecule has 0 fully saturated rings. The zero-order valence-corrected chi connectivity index (χ0v) is 17.6. The van der Waals surface area contributed by atoms with Crippen LogP contribution in [0.25, 0.3) is 0 Å². The fourth-order valence-corrected chi connectivity index (χ4v) is 3.03. The number of para-hydroxylation sites is 1. The average molecular weight is 418 g/mol. The Morgan fingerprint density at radius 2 is 1.57 bits per heavy atom. The third-order valence-corrected chi connectivity index (χ3v) is 4.74. The van der Waals surface area contributed by atoms with Gasteiger partial charge in [0.25, 0.3) is 0 Å². The molecule has 0 radical (unpaired) electrons. The molecule has 3 nitrogen and oxygen atoms in total. The third-order valence-electron chi connectivity index (χ3n) is 4.38. The van der Waals surface area contributed by atoms with Crippen LogP contribution in [-0.4, -0.2) is 7.11 Å². The predicted octanol–water partition coefficient (Wildman–Crippen LogP) is 5.95. The highest BCUT2D eigenvalue weighted by Crippen LogP contribution is 2.32. The van der Waals surface area contributed by atoms with Crippen LogP contribution in [0.15, 0.2) is 66.7 Å². The van der Waals surface area contributed by atoms with Crippen molar-refractivity contribution in [1.29, 1.82) is 0 Å². The lowest BCUT2D eigenvalue weighted by atomic mass is 10.1. The van der Waals surface area contributed by atoms with Gasteiger partial charge < -0.3 is 14.8 Å². The van der Waals surface area contributed by atoms with Gasteiger partial charge in [-0.15, -0.1) is 12.4 Å². The molecule has 0 aliphatic rings. The lowest BCUT2D eigenvalue weighted by Crippen LogP contribution is -2.14. The first kappa shape index (κ1) is 22.1. The number of ether oxygens (including phenoxy) is 2. The van der Waals surface area contributed by atoms with Crippen LogP contribution >= 0.6 is 24.0 Å². The van der Waals surface area contributed by atoms with Gasteiger partial charge >= 0.3 is 0 Å². The van der Waals surface area contributed by atoms with Crippen LogP contribution in [0.1, 0.15) is 22.3 Å². The summed E-state index contributed by atoms with van der Waals surface area (Å²) in [7, 11) is 1.65. The molecule has 28 heavy (non-hydrogen) atoms. The summed E-state index contributed by atoms with van der Waals surface area (Å²) < 4.78 is 11.6. The molecule has 148 valence electrons. The number of halogens is 2. The first-order valence-electron chi connectivity index (χ1n) is 8.95. The number of rotatable bonds is 8. The summed E-state index contributed by atoms with van der Waals surface area (Å²) in [5, 5.41) is 4.18. The second kappa shape index (κ2) is 11.0. The second-order valence-electron chi connectivity index (χ2n) is 6.42. The first-order valence-corrected chi connectivity index (χ1v) is 9.33. The Hall–Kier alpha value is -2.20. The number of nitrogens with one attached hydrogen (secondary N) is 1. The van der Waals surface area contributed by atoms with E-state index in [4.69, 9.17) is 21.1 Å². The van der Waals surface area contributed by atoms with E-state index in [1.165, 1.54) is 11.1 Å². The summed E-state index contributed by atoms with van der Waals surface area (Å²) in [5.41, 5.74) is 4.51. The maximum atomic E-state index is 6.24. The Morgan fingerprint density at radius 1 is 0.857 bits per heavy atom. The zero-order valence-electron chi connectivity index (χ0n) is 16.1. The molecule has 0 aliphatic carbocycles. The lowest BCUT2D eigenvalue weighted by molar-refractivity contribution is 0.280. The lowest BCUT2D eigenvalue weighted by Gasteiger charge is -2.16. The van der Waals surface area contributed by atoms with Crippen molar-refractivity contribution in [1.82, 2.24) is 5.32 Å². The van der Waals surface area contributed by atoms with Crippen molar-refractivity contribution in [2.45, 2.75) is 26.6 Å². The van der Waals surface area contributed by atoms with E-state index in [2.05, 4.69) is 36.5 Å². The Kier molecular flexibility index (Phi) is 8.65. The van der Waals surface area contributed by atoms with Crippen LogP contribution in [0.4, 0.5) is 0 Å². The SMILES string of the molecule is COc1cccc(CNCc2ccc(C)cc2)c1OCc1ccccc1Cl.Cl. The average Bonchev–Trinajstić information content (AvgIpc) is 2.69. The van der Waals surface area contributed by atoms with E-state index in [1.54, 1.807) is 7.11 Å². The molecule has 0 heterocycles. The molecule has 0 aromatic heterocycles. The number of benzene rings is 3. The number of aryl methyl sites for hydroxylation is 1. The van der Waals surface area contributed by atoms with E-state index in [-0.39, 0.29) is 12.4 Å². The summed E-state index contributed by atoms with van der Waals surface area (Å²) in [6, 6.07) is 22.2. The largest absolute Gasteiger partial charge is 0.493 e.